The fourth-order valence-corrected chi connectivity index (χ4v) is 0.236. The molecule has 0 aromatic heterocycles. The summed E-state index contributed by atoms with van der Waals surface area (Å²) in [5.74, 6) is 0. The van der Waals surface area contributed by atoms with Crippen LogP contribution in [0.2, 0.25) is 0 Å². The van der Waals surface area contributed by atoms with Gasteiger partial charge in [-0.3, -0.25) is 0 Å². The Bertz CT molecular complexity index is 56.1. The SMILES string of the molecule is C=CCCC=C.[I][Pd][I]. The van der Waals surface area contributed by atoms with Crippen molar-refractivity contribution in [1.82, 2.24) is 0 Å². The average molecular weight is 442 g/mol. The van der Waals surface area contributed by atoms with Crippen LogP contribution in [0.3, 0.4) is 0 Å². The Labute approximate surface area is 86.7 Å². The second-order valence-electron chi connectivity index (χ2n) is 1.20. The van der Waals surface area contributed by atoms with Crippen LogP contribution in [0.5, 0.6) is 0 Å². The minimum atomic E-state index is 0.890. The number of hydrogen-bond acceptors (Lipinski definition) is 0. The number of halogens is 2. The predicted molar refractivity (Wildman–Crippen MR) is 57.7 cm³/mol. The van der Waals surface area contributed by atoms with Crippen molar-refractivity contribution in [2.45, 2.75) is 12.8 Å². The molecule has 0 N–H and O–H groups in total. The van der Waals surface area contributed by atoms with Gasteiger partial charge in [0.1, 0.15) is 0 Å². The van der Waals surface area contributed by atoms with E-state index in [1.807, 2.05) is 12.2 Å². The number of allylic oxidation sites excluding steroid dienone is 2. The van der Waals surface area contributed by atoms with Gasteiger partial charge in [-0.25, -0.2) is 0 Å². The normalized spacial score (nSPS) is 7.33. The molecule has 3 heteroatoms. The monoisotopic (exact) mass is 442 g/mol. The summed E-state index contributed by atoms with van der Waals surface area (Å²) in [6, 6.07) is 0. The molecule has 0 saturated carbocycles. The van der Waals surface area contributed by atoms with Crippen LogP contribution in [0.1, 0.15) is 12.8 Å². The summed E-state index contributed by atoms with van der Waals surface area (Å²) < 4.78 is 0. The van der Waals surface area contributed by atoms with Crippen molar-refractivity contribution < 1.29 is 10.8 Å². The first-order valence-electron chi connectivity index (χ1n) is 2.37. The Morgan fingerprint density at radius 1 is 1.11 bits per heavy atom. The van der Waals surface area contributed by atoms with Crippen LogP contribution in [0.25, 0.3) is 0 Å². The maximum absolute atomic E-state index is 3.55. The minimum absolute atomic E-state index is 0.890. The molecule has 0 aromatic carbocycles. The van der Waals surface area contributed by atoms with Crippen molar-refractivity contribution in [1.29, 1.82) is 0 Å². The van der Waals surface area contributed by atoms with E-state index < -0.39 is 0 Å². The topological polar surface area (TPSA) is 0 Å². The van der Waals surface area contributed by atoms with Gasteiger partial charge in [0.05, 0.1) is 0 Å². The van der Waals surface area contributed by atoms with Crippen LogP contribution in [-0.4, -0.2) is 0 Å². The molecule has 0 bridgehead atoms. The molecule has 0 amide bonds. The van der Waals surface area contributed by atoms with Crippen LogP contribution in [-0.2, 0) is 10.8 Å². The maximum atomic E-state index is 3.55. The summed E-state index contributed by atoms with van der Waals surface area (Å²) in [4.78, 5) is 0. The molecule has 0 aliphatic carbocycles. The van der Waals surface area contributed by atoms with Crippen LogP contribution in [0.15, 0.2) is 25.3 Å². The van der Waals surface area contributed by atoms with E-state index in [0.717, 1.165) is 23.6 Å². The first-order valence-corrected chi connectivity index (χ1v) is 11.6. The molecule has 0 unspecified atom stereocenters. The first-order chi connectivity index (χ1) is 4.33. The van der Waals surface area contributed by atoms with Gasteiger partial charge in [0.25, 0.3) is 0 Å². The van der Waals surface area contributed by atoms with Gasteiger partial charge in [-0.1, -0.05) is 12.2 Å². The van der Waals surface area contributed by atoms with Crippen molar-refractivity contribution >= 4 is 39.0 Å². The molecule has 0 aliphatic heterocycles. The van der Waals surface area contributed by atoms with Gasteiger partial charge in [0.15, 0.2) is 0 Å². The average Bonchev–Trinajstić information content (AvgIpc) is 1.86. The van der Waals surface area contributed by atoms with Gasteiger partial charge >= 0.3 is 49.8 Å². The fraction of sp³-hybridized carbons (Fsp3) is 0.333. The summed E-state index contributed by atoms with van der Waals surface area (Å²) in [6.45, 7) is 7.10. The van der Waals surface area contributed by atoms with Gasteiger partial charge in [-0.15, -0.1) is 13.2 Å². The zero-order valence-corrected chi connectivity index (χ0v) is 10.9. The Morgan fingerprint density at radius 2 is 1.33 bits per heavy atom. The number of hydrogen-bond donors (Lipinski definition) is 0. The third-order valence-electron chi connectivity index (χ3n) is 0.575. The third kappa shape index (κ3) is 26.2. The molecule has 0 fully saturated rings. The molecule has 0 aromatic rings. The van der Waals surface area contributed by atoms with Crippen LogP contribution < -0.4 is 0 Å². The van der Waals surface area contributed by atoms with Crippen LogP contribution in [0.4, 0.5) is 0 Å². The molecule has 0 atom stereocenters. The summed E-state index contributed by atoms with van der Waals surface area (Å²) in [6.07, 6.45) is 5.90. The van der Waals surface area contributed by atoms with Crippen molar-refractivity contribution in [3.63, 3.8) is 0 Å². The molecule has 0 rings (SSSR count). The molecule has 0 aliphatic rings. The van der Waals surface area contributed by atoms with Gasteiger partial charge in [-0.2, -0.15) is 0 Å². The summed E-state index contributed by atoms with van der Waals surface area (Å²) in [5.41, 5.74) is 0. The van der Waals surface area contributed by atoms with Gasteiger partial charge in [0.2, 0.25) is 0 Å². The van der Waals surface area contributed by atoms with Gasteiger partial charge in [-0.05, 0) is 12.8 Å². The Morgan fingerprint density at radius 3 is 1.44 bits per heavy atom. The molecular formula is C6H10I2Pd. The summed E-state index contributed by atoms with van der Waals surface area (Å²) in [7, 11) is 0.890. The zero-order chi connectivity index (χ0) is 7.54. The van der Waals surface area contributed by atoms with E-state index in [4.69, 9.17) is 0 Å². The van der Waals surface area contributed by atoms with Crippen molar-refractivity contribution in [2.24, 2.45) is 0 Å². The standard InChI is InChI=1S/C6H10.2HI.Pd/c1-3-5-6-4-2;;;/h3-4H,1-2,5-6H2;2*1H;/q;;;+2/p-2. The number of rotatable bonds is 3. The molecule has 0 heterocycles. The first kappa shape index (κ1) is 13.2. The number of unbranched alkanes of at least 4 members (excludes halogenated alkanes) is 1. The van der Waals surface area contributed by atoms with E-state index >= 15 is 0 Å². The van der Waals surface area contributed by atoms with E-state index in [1.165, 1.54) is 0 Å². The molecule has 58 valence electrons. The molecular weight excluding hydrogens is 432 g/mol. The summed E-state index contributed by atoms with van der Waals surface area (Å²) >= 11 is 4.65. The van der Waals surface area contributed by atoms with Crippen molar-refractivity contribution in [3.8, 4) is 0 Å². The molecule has 9 heavy (non-hydrogen) atoms. The second kappa shape index (κ2) is 16.3. The van der Waals surface area contributed by atoms with Gasteiger partial charge < -0.3 is 0 Å². The van der Waals surface area contributed by atoms with E-state index in [2.05, 4.69) is 52.2 Å². The quantitative estimate of drug-likeness (QED) is 0.269. The van der Waals surface area contributed by atoms with E-state index in [0.29, 0.717) is 0 Å². The zero-order valence-electron chi connectivity index (χ0n) is 5.06. The molecule has 0 nitrogen and oxygen atoms in total. The van der Waals surface area contributed by atoms with E-state index in [1.54, 1.807) is 0 Å². The third-order valence-corrected chi connectivity index (χ3v) is 0.575. The molecule has 0 spiro atoms. The Kier molecular flexibility index (Phi) is 23.9. The Hall–Kier alpha value is 1.60. The van der Waals surface area contributed by atoms with E-state index in [-0.39, 0.29) is 0 Å². The molecule has 0 radical (unpaired) electrons. The van der Waals surface area contributed by atoms with Crippen LogP contribution >= 0.6 is 39.0 Å². The summed E-state index contributed by atoms with van der Waals surface area (Å²) in [5, 5.41) is 0. The van der Waals surface area contributed by atoms with Gasteiger partial charge in [0, 0.05) is 0 Å². The van der Waals surface area contributed by atoms with Crippen molar-refractivity contribution in [2.75, 3.05) is 0 Å². The van der Waals surface area contributed by atoms with E-state index in [9.17, 15) is 0 Å². The van der Waals surface area contributed by atoms with Crippen molar-refractivity contribution in [3.05, 3.63) is 25.3 Å². The fourth-order valence-electron chi connectivity index (χ4n) is 0.236. The predicted octanol–water partition coefficient (Wildman–Crippen LogP) is 3.91. The Balaban J connectivity index is 0. The second-order valence-corrected chi connectivity index (χ2v) is 13.2. The molecule has 0 saturated heterocycles. The van der Waals surface area contributed by atoms with Crippen LogP contribution in [0, 0.1) is 0 Å².